The Labute approximate surface area is 120 Å². The molecule has 0 saturated carbocycles. The molecule has 0 N–H and O–H groups in total. The van der Waals surface area contributed by atoms with E-state index in [2.05, 4.69) is 0 Å². The highest BCUT2D eigenvalue weighted by molar-refractivity contribution is 5.95. The van der Waals surface area contributed by atoms with Crippen LogP contribution in [0.5, 0.6) is 11.5 Å². The number of rotatable bonds is 4. The predicted octanol–water partition coefficient (Wildman–Crippen LogP) is 2.87. The molecule has 0 unspecified atom stereocenters. The number of carbonyl (C=O) groups is 1. The molecule has 0 bridgehead atoms. The molecule has 0 fully saturated rings. The van der Waals surface area contributed by atoms with Crippen molar-refractivity contribution >= 4 is 5.91 Å². The van der Waals surface area contributed by atoms with Crippen LogP contribution in [0.2, 0.25) is 0 Å². The van der Waals surface area contributed by atoms with E-state index in [-0.39, 0.29) is 13.1 Å². The van der Waals surface area contributed by atoms with Gasteiger partial charge in [0.1, 0.15) is 13.2 Å². The second-order valence-electron chi connectivity index (χ2n) is 4.61. The van der Waals surface area contributed by atoms with E-state index in [1.165, 1.54) is 17.0 Å². The Morgan fingerprint density at radius 1 is 1.24 bits per heavy atom. The standard InChI is InChI=1S/C14H16F3NO3/c1-2-18(6-5-14(15,16)17)13(19)10-3-4-11-12(9-10)21-8-7-20-11/h3-4,9H,2,5-8H2,1H3. The lowest BCUT2D eigenvalue weighted by atomic mass is 10.1. The summed E-state index contributed by atoms with van der Waals surface area (Å²) in [5.41, 5.74) is 0.295. The Morgan fingerprint density at radius 3 is 2.52 bits per heavy atom. The minimum absolute atomic E-state index is 0.212. The molecular weight excluding hydrogens is 287 g/mol. The summed E-state index contributed by atoms with van der Waals surface area (Å²) in [7, 11) is 0. The lowest BCUT2D eigenvalue weighted by Gasteiger charge is -2.23. The molecule has 1 aliphatic rings. The first kappa shape index (κ1) is 15.5. The summed E-state index contributed by atoms with van der Waals surface area (Å²) in [6.45, 7) is 2.33. The summed E-state index contributed by atoms with van der Waals surface area (Å²) in [5, 5.41) is 0. The number of nitrogens with zero attached hydrogens (tertiary/aromatic N) is 1. The summed E-state index contributed by atoms with van der Waals surface area (Å²) in [6, 6.07) is 4.64. The Kier molecular flexibility index (Phi) is 4.59. The molecule has 4 nitrogen and oxygen atoms in total. The van der Waals surface area contributed by atoms with Crippen molar-refractivity contribution in [2.45, 2.75) is 19.5 Å². The molecule has 1 heterocycles. The summed E-state index contributed by atoms with van der Waals surface area (Å²) in [4.78, 5) is 13.4. The summed E-state index contributed by atoms with van der Waals surface area (Å²) in [6.07, 6.45) is -5.29. The molecular formula is C14H16F3NO3. The topological polar surface area (TPSA) is 38.8 Å². The maximum atomic E-state index is 12.3. The van der Waals surface area contributed by atoms with Crippen LogP contribution in [-0.2, 0) is 0 Å². The molecule has 0 radical (unpaired) electrons. The number of amides is 1. The van der Waals surface area contributed by atoms with Gasteiger partial charge in [-0.1, -0.05) is 0 Å². The second-order valence-corrected chi connectivity index (χ2v) is 4.61. The summed E-state index contributed by atoms with van der Waals surface area (Å²) >= 11 is 0. The fourth-order valence-electron chi connectivity index (χ4n) is 2.02. The zero-order valence-electron chi connectivity index (χ0n) is 11.6. The summed E-state index contributed by atoms with van der Waals surface area (Å²) in [5.74, 6) is 0.536. The molecule has 1 aromatic rings. The molecule has 1 amide bonds. The predicted molar refractivity (Wildman–Crippen MR) is 69.7 cm³/mol. The normalized spacial score (nSPS) is 13.9. The van der Waals surface area contributed by atoms with Gasteiger partial charge in [-0.05, 0) is 25.1 Å². The number of alkyl halides is 3. The Balaban J connectivity index is 2.10. The van der Waals surface area contributed by atoms with Crippen LogP contribution < -0.4 is 9.47 Å². The van der Waals surface area contributed by atoms with Gasteiger partial charge < -0.3 is 14.4 Å². The molecule has 0 aromatic heterocycles. The van der Waals surface area contributed by atoms with E-state index in [0.29, 0.717) is 30.3 Å². The molecule has 0 saturated heterocycles. The lowest BCUT2D eigenvalue weighted by molar-refractivity contribution is -0.136. The van der Waals surface area contributed by atoms with Gasteiger partial charge >= 0.3 is 6.18 Å². The van der Waals surface area contributed by atoms with Crippen molar-refractivity contribution in [3.63, 3.8) is 0 Å². The van der Waals surface area contributed by atoms with Crippen molar-refractivity contribution in [3.05, 3.63) is 23.8 Å². The van der Waals surface area contributed by atoms with Crippen LogP contribution in [0.4, 0.5) is 13.2 Å². The van der Waals surface area contributed by atoms with Gasteiger partial charge in [-0.25, -0.2) is 0 Å². The van der Waals surface area contributed by atoms with Crippen LogP contribution in [0.3, 0.4) is 0 Å². The number of carbonyl (C=O) groups excluding carboxylic acids is 1. The maximum Gasteiger partial charge on any atom is 0.390 e. The highest BCUT2D eigenvalue weighted by Gasteiger charge is 2.29. The van der Waals surface area contributed by atoms with Gasteiger partial charge in [-0.2, -0.15) is 13.2 Å². The Morgan fingerprint density at radius 2 is 1.90 bits per heavy atom. The third-order valence-corrected chi connectivity index (χ3v) is 3.12. The van der Waals surface area contributed by atoms with Gasteiger partial charge in [0.2, 0.25) is 0 Å². The largest absolute Gasteiger partial charge is 0.486 e. The van der Waals surface area contributed by atoms with Gasteiger partial charge in [-0.3, -0.25) is 4.79 Å². The van der Waals surface area contributed by atoms with Crippen molar-refractivity contribution in [2.75, 3.05) is 26.3 Å². The van der Waals surface area contributed by atoms with Gasteiger partial charge in [0.25, 0.3) is 5.91 Å². The first-order valence-electron chi connectivity index (χ1n) is 6.66. The first-order valence-corrected chi connectivity index (χ1v) is 6.66. The Bertz CT molecular complexity index is 517. The van der Waals surface area contributed by atoms with Crippen molar-refractivity contribution in [1.29, 1.82) is 0 Å². The molecule has 0 atom stereocenters. The zero-order valence-corrected chi connectivity index (χ0v) is 11.6. The van der Waals surface area contributed by atoms with Gasteiger partial charge in [0, 0.05) is 18.7 Å². The monoisotopic (exact) mass is 303 g/mol. The summed E-state index contributed by atoms with van der Waals surface area (Å²) < 4.78 is 47.5. The van der Waals surface area contributed by atoms with Gasteiger partial charge in [0.15, 0.2) is 11.5 Å². The van der Waals surface area contributed by atoms with Crippen molar-refractivity contribution in [2.24, 2.45) is 0 Å². The van der Waals surface area contributed by atoms with Crippen molar-refractivity contribution in [1.82, 2.24) is 4.90 Å². The minimum atomic E-state index is -4.28. The first-order chi connectivity index (χ1) is 9.90. The molecule has 21 heavy (non-hydrogen) atoms. The Hall–Kier alpha value is -1.92. The van der Waals surface area contributed by atoms with E-state index < -0.39 is 18.5 Å². The number of ether oxygens (including phenoxy) is 2. The SMILES string of the molecule is CCN(CCC(F)(F)F)C(=O)c1ccc2c(c1)OCCO2. The van der Waals surface area contributed by atoms with Crippen LogP contribution in [0.25, 0.3) is 0 Å². The number of hydrogen-bond donors (Lipinski definition) is 0. The van der Waals surface area contributed by atoms with Crippen LogP contribution in [0.1, 0.15) is 23.7 Å². The van der Waals surface area contributed by atoms with Gasteiger partial charge in [-0.15, -0.1) is 0 Å². The van der Waals surface area contributed by atoms with E-state index in [9.17, 15) is 18.0 Å². The van der Waals surface area contributed by atoms with Gasteiger partial charge in [0.05, 0.1) is 6.42 Å². The maximum absolute atomic E-state index is 12.3. The quantitative estimate of drug-likeness (QED) is 0.858. The fraction of sp³-hybridized carbons (Fsp3) is 0.500. The van der Waals surface area contributed by atoms with E-state index in [1.807, 2.05) is 0 Å². The molecule has 1 aliphatic heterocycles. The van der Waals surface area contributed by atoms with Crippen LogP contribution in [-0.4, -0.2) is 43.3 Å². The minimum Gasteiger partial charge on any atom is -0.486 e. The number of halogens is 3. The van der Waals surface area contributed by atoms with Crippen molar-refractivity contribution in [3.8, 4) is 11.5 Å². The van der Waals surface area contributed by atoms with Crippen molar-refractivity contribution < 1.29 is 27.4 Å². The highest BCUT2D eigenvalue weighted by atomic mass is 19.4. The van der Waals surface area contributed by atoms with Crippen LogP contribution >= 0.6 is 0 Å². The molecule has 0 aliphatic carbocycles. The second kappa shape index (κ2) is 6.24. The smallest absolute Gasteiger partial charge is 0.390 e. The molecule has 0 spiro atoms. The van der Waals surface area contributed by atoms with Crippen LogP contribution in [0.15, 0.2) is 18.2 Å². The van der Waals surface area contributed by atoms with E-state index in [0.717, 1.165) is 0 Å². The number of benzene rings is 1. The van der Waals surface area contributed by atoms with Crippen LogP contribution in [0, 0.1) is 0 Å². The van der Waals surface area contributed by atoms with E-state index in [4.69, 9.17) is 9.47 Å². The number of hydrogen-bond acceptors (Lipinski definition) is 3. The molecule has 116 valence electrons. The molecule has 2 rings (SSSR count). The average Bonchev–Trinajstić information content (AvgIpc) is 2.46. The third kappa shape index (κ3) is 4.03. The lowest BCUT2D eigenvalue weighted by Crippen LogP contribution is -2.34. The average molecular weight is 303 g/mol. The molecule has 7 heteroatoms. The fourth-order valence-corrected chi connectivity index (χ4v) is 2.02. The number of fused-ring (bicyclic) bond motifs is 1. The van der Waals surface area contributed by atoms with E-state index >= 15 is 0 Å². The zero-order chi connectivity index (χ0) is 15.5. The van der Waals surface area contributed by atoms with E-state index in [1.54, 1.807) is 13.0 Å². The third-order valence-electron chi connectivity index (χ3n) is 3.12. The highest BCUT2D eigenvalue weighted by Crippen LogP contribution is 2.31. The molecule has 1 aromatic carbocycles.